The highest BCUT2D eigenvalue weighted by Crippen LogP contribution is 2.35. The van der Waals surface area contributed by atoms with Gasteiger partial charge in [0.2, 0.25) is 5.91 Å². The molecule has 1 heterocycles. The van der Waals surface area contributed by atoms with Gasteiger partial charge in [0.25, 0.3) is 0 Å². The zero-order valence-corrected chi connectivity index (χ0v) is 11.3. The summed E-state index contributed by atoms with van der Waals surface area (Å²) in [6.45, 7) is 6.65. The van der Waals surface area contributed by atoms with E-state index in [1.54, 1.807) is 0 Å². The van der Waals surface area contributed by atoms with Crippen LogP contribution in [0.25, 0.3) is 0 Å². The van der Waals surface area contributed by atoms with Gasteiger partial charge in [-0.2, -0.15) is 0 Å². The fourth-order valence-corrected chi connectivity index (χ4v) is 2.66. The lowest BCUT2D eigenvalue weighted by molar-refractivity contribution is -0.135. The molecule has 2 aliphatic rings. The van der Waals surface area contributed by atoms with E-state index in [-0.39, 0.29) is 5.91 Å². The maximum Gasteiger partial charge on any atom is 0.242 e. The first-order chi connectivity index (χ1) is 7.94. The molecule has 2 fully saturated rings. The summed E-state index contributed by atoms with van der Waals surface area (Å²) in [4.78, 5) is 16.5. The van der Waals surface area contributed by atoms with Crippen LogP contribution in [-0.2, 0) is 4.79 Å². The summed E-state index contributed by atoms with van der Waals surface area (Å²) in [5.74, 6) is 0.153. The number of rotatable bonds is 3. The van der Waals surface area contributed by atoms with Gasteiger partial charge in [-0.25, -0.2) is 0 Å². The van der Waals surface area contributed by atoms with Crippen LogP contribution in [0.15, 0.2) is 0 Å². The highest BCUT2D eigenvalue weighted by Gasteiger charge is 2.48. The molecule has 4 heteroatoms. The second-order valence-corrected chi connectivity index (χ2v) is 5.93. The molecule has 0 atom stereocenters. The Kier molecular flexibility index (Phi) is 3.46. The van der Waals surface area contributed by atoms with Gasteiger partial charge in [-0.3, -0.25) is 4.79 Å². The molecule has 0 spiro atoms. The molecule has 0 bridgehead atoms. The Hall–Kier alpha value is -0.610. The molecule has 4 nitrogen and oxygen atoms in total. The van der Waals surface area contributed by atoms with E-state index in [0.29, 0.717) is 12.1 Å². The minimum absolute atomic E-state index is 0.153. The highest BCUT2D eigenvalue weighted by atomic mass is 16.2. The first-order valence-corrected chi connectivity index (χ1v) is 6.74. The maximum absolute atomic E-state index is 12.1. The summed E-state index contributed by atoms with van der Waals surface area (Å²) in [5.41, 5.74) is 5.46. The van der Waals surface area contributed by atoms with Gasteiger partial charge in [0, 0.05) is 32.2 Å². The molecule has 2 N–H and O–H groups in total. The number of hydrogen-bond donors (Lipinski definition) is 1. The minimum atomic E-state index is -0.510. The summed E-state index contributed by atoms with van der Waals surface area (Å²) in [7, 11) is 1.92. The van der Waals surface area contributed by atoms with Crippen molar-refractivity contribution in [3.8, 4) is 0 Å². The van der Waals surface area contributed by atoms with Gasteiger partial charge in [0.1, 0.15) is 0 Å². The van der Waals surface area contributed by atoms with Crippen molar-refractivity contribution in [2.75, 3.05) is 20.1 Å². The Morgan fingerprint density at radius 2 is 1.88 bits per heavy atom. The summed E-state index contributed by atoms with van der Waals surface area (Å²) in [6, 6.07) is 1.000. The van der Waals surface area contributed by atoms with E-state index < -0.39 is 5.54 Å². The summed E-state index contributed by atoms with van der Waals surface area (Å²) < 4.78 is 0. The third kappa shape index (κ3) is 2.63. The maximum atomic E-state index is 12.1. The van der Waals surface area contributed by atoms with Gasteiger partial charge in [-0.05, 0) is 39.5 Å². The van der Waals surface area contributed by atoms with Crippen molar-refractivity contribution in [1.82, 2.24) is 9.80 Å². The first-order valence-electron chi connectivity index (χ1n) is 6.74. The Bertz CT molecular complexity index is 291. The van der Waals surface area contributed by atoms with Crippen molar-refractivity contribution < 1.29 is 4.79 Å². The van der Waals surface area contributed by atoms with Crippen LogP contribution in [0.3, 0.4) is 0 Å². The Morgan fingerprint density at radius 3 is 2.29 bits per heavy atom. The van der Waals surface area contributed by atoms with Crippen LogP contribution in [0.5, 0.6) is 0 Å². The number of likely N-dealkylation sites (tertiary alicyclic amines) is 1. The molecule has 0 aromatic rings. The molecule has 1 amide bonds. The number of carbonyl (C=O) groups excluding carboxylic acids is 1. The molecule has 1 aliphatic carbocycles. The molecular formula is C13H25N3O. The molecule has 1 saturated carbocycles. The number of hydrogen-bond acceptors (Lipinski definition) is 3. The van der Waals surface area contributed by atoms with Crippen LogP contribution >= 0.6 is 0 Å². The molecule has 17 heavy (non-hydrogen) atoms. The normalized spacial score (nSPS) is 25.0. The second-order valence-electron chi connectivity index (χ2n) is 5.93. The fraction of sp³-hybridized carbons (Fsp3) is 0.923. The Balaban J connectivity index is 1.86. The van der Waals surface area contributed by atoms with Gasteiger partial charge in [0.05, 0.1) is 5.54 Å². The van der Waals surface area contributed by atoms with E-state index in [9.17, 15) is 4.79 Å². The average molecular weight is 239 g/mol. The van der Waals surface area contributed by atoms with Gasteiger partial charge >= 0.3 is 0 Å². The van der Waals surface area contributed by atoms with Crippen LogP contribution in [0.2, 0.25) is 0 Å². The molecule has 1 aliphatic heterocycles. The topological polar surface area (TPSA) is 49.6 Å². The predicted octanol–water partition coefficient (Wildman–Crippen LogP) is 0.809. The van der Waals surface area contributed by atoms with Crippen molar-refractivity contribution in [3.05, 3.63) is 0 Å². The molecule has 0 aromatic heterocycles. The molecular weight excluding hydrogens is 214 g/mol. The van der Waals surface area contributed by atoms with Crippen molar-refractivity contribution in [2.45, 2.75) is 57.2 Å². The number of likely N-dealkylation sites (N-methyl/N-ethyl adjacent to an activating group) is 1. The zero-order chi connectivity index (χ0) is 12.6. The fourth-order valence-electron chi connectivity index (χ4n) is 2.66. The standard InChI is InChI=1S/C13H25N3O/c1-10(2)16-8-4-11(5-9-16)15(3)12(17)13(14)6-7-13/h10-11H,4-9,14H2,1-3H3. The molecule has 1 saturated heterocycles. The Morgan fingerprint density at radius 1 is 1.35 bits per heavy atom. The molecule has 0 aromatic carbocycles. The zero-order valence-electron chi connectivity index (χ0n) is 11.3. The van der Waals surface area contributed by atoms with E-state index in [4.69, 9.17) is 5.73 Å². The third-order valence-corrected chi connectivity index (χ3v) is 4.31. The summed E-state index contributed by atoms with van der Waals surface area (Å²) in [6.07, 6.45) is 3.88. The van der Waals surface area contributed by atoms with Crippen LogP contribution in [0.1, 0.15) is 39.5 Å². The predicted molar refractivity (Wildman–Crippen MR) is 68.7 cm³/mol. The van der Waals surface area contributed by atoms with Crippen molar-refractivity contribution in [3.63, 3.8) is 0 Å². The smallest absolute Gasteiger partial charge is 0.242 e. The van der Waals surface area contributed by atoms with Crippen molar-refractivity contribution in [1.29, 1.82) is 0 Å². The highest BCUT2D eigenvalue weighted by molar-refractivity contribution is 5.89. The first kappa shape index (κ1) is 12.8. The van der Waals surface area contributed by atoms with Gasteiger partial charge < -0.3 is 15.5 Å². The van der Waals surface area contributed by atoms with Crippen molar-refractivity contribution >= 4 is 5.91 Å². The molecule has 2 rings (SSSR count). The van der Waals surface area contributed by atoms with Crippen LogP contribution in [0, 0.1) is 0 Å². The summed E-state index contributed by atoms with van der Waals surface area (Å²) in [5, 5.41) is 0. The largest absolute Gasteiger partial charge is 0.341 e. The van der Waals surface area contributed by atoms with Gasteiger partial charge in [-0.1, -0.05) is 0 Å². The summed E-state index contributed by atoms with van der Waals surface area (Å²) >= 11 is 0. The second kappa shape index (κ2) is 4.58. The monoisotopic (exact) mass is 239 g/mol. The lowest BCUT2D eigenvalue weighted by Crippen LogP contribution is -2.52. The van der Waals surface area contributed by atoms with Gasteiger partial charge in [-0.15, -0.1) is 0 Å². The van der Waals surface area contributed by atoms with E-state index in [1.165, 1.54) is 0 Å². The van der Waals surface area contributed by atoms with E-state index in [1.807, 2.05) is 11.9 Å². The lowest BCUT2D eigenvalue weighted by atomic mass is 10.0. The quantitative estimate of drug-likeness (QED) is 0.793. The van der Waals surface area contributed by atoms with Crippen LogP contribution in [-0.4, -0.2) is 53.5 Å². The number of nitrogens with two attached hydrogens (primary N) is 1. The van der Waals surface area contributed by atoms with Crippen molar-refractivity contribution in [2.24, 2.45) is 5.73 Å². The van der Waals surface area contributed by atoms with Crippen LogP contribution in [0.4, 0.5) is 0 Å². The number of carbonyl (C=O) groups is 1. The van der Waals surface area contributed by atoms with E-state index in [2.05, 4.69) is 18.7 Å². The minimum Gasteiger partial charge on any atom is -0.341 e. The molecule has 0 unspecified atom stereocenters. The number of nitrogens with zero attached hydrogens (tertiary/aromatic N) is 2. The third-order valence-electron chi connectivity index (χ3n) is 4.31. The average Bonchev–Trinajstić information content (AvgIpc) is 3.07. The van der Waals surface area contributed by atoms with E-state index in [0.717, 1.165) is 38.8 Å². The SMILES string of the molecule is CC(C)N1CCC(N(C)C(=O)C2(N)CC2)CC1. The Labute approximate surface area is 104 Å². The molecule has 0 radical (unpaired) electrons. The van der Waals surface area contributed by atoms with Gasteiger partial charge in [0.15, 0.2) is 0 Å². The van der Waals surface area contributed by atoms with E-state index >= 15 is 0 Å². The number of piperidine rings is 1. The molecule has 98 valence electrons. The number of amides is 1. The van der Waals surface area contributed by atoms with Crippen LogP contribution < -0.4 is 5.73 Å². The lowest BCUT2D eigenvalue weighted by Gasteiger charge is -2.39.